The summed E-state index contributed by atoms with van der Waals surface area (Å²) in [7, 11) is 0. The topological polar surface area (TPSA) is 66.9 Å². The van der Waals surface area contributed by atoms with Crippen molar-refractivity contribution in [3.05, 3.63) is 12.2 Å². The average Bonchev–Trinajstić information content (AvgIpc) is 2.74. The number of hydrogen-bond acceptors (Lipinski definition) is 4. The molecule has 0 radical (unpaired) electrons. The van der Waals surface area contributed by atoms with Gasteiger partial charge in [-0.15, -0.1) is 0 Å². The van der Waals surface area contributed by atoms with Crippen molar-refractivity contribution in [1.82, 2.24) is 0 Å². The van der Waals surface area contributed by atoms with Crippen LogP contribution < -0.4 is 0 Å². The van der Waals surface area contributed by atoms with Crippen molar-refractivity contribution in [2.75, 3.05) is 6.61 Å². The Bertz CT molecular complexity index is 268. The van der Waals surface area contributed by atoms with E-state index in [0.717, 1.165) is 6.08 Å². The molecule has 0 amide bonds. The Labute approximate surface area is 62.5 Å². The third kappa shape index (κ3) is 0.652. The monoisotopic (exact) mass is 154 g/mol. The van der Waals surface area contributed by atoms with Gasteiger partial charge in [-0.3, -0.25) is 9.59 Å². The van der Waals surface area contributed by atoms with Crippen LogP contribution in [0.4, 0.5) is 0 Å². The third-order valence-electron chi connectivity index (χ3n) is 2.00. The zero-order valence-electron chi connectivity index (χ0n) is 5.61. The standard InChI is InChI=1S/C7H6O4/c8-3-7-5(10)2-1-4(9)6(7)11-7/h1-2,6,8H,3H2. The van der Waals surface area contributed by atoms with E-state index in [1.165, 1.54) is 6.08 Å². The molecule has 0 aromatic rings. The lowest BCUT2D eigenvalue weighted by atomic mass is 9.93. The minimum atomic E-state index is -1.20. The molecule has 0 aromatic carbocycles. The highest BCUT2D eigenvalue weighted by Crippen LogP contribution is 2.40. The van der Waals surface area contributed by atoms with Gasteiger partial charge < -0.3 is 9.84 Å². The zero-order valence-corrected chi connectivity index (χ0v) is 5.61. The molecule has 4 heteroatoms. The van der Waals surface area contributed by atoms with Crippen molar-refractivity contribution in [2.24, 2.45) is 0 Å². The molecule has 2 rings (SSSR count). The van der Waals surface area contributed by atoms with Crippen LogP contribution in [0.1, 0.15) is 0 Å². The predicted octanol–water partition coefficient (Wildman–Crippen LogP) is -1.18. The molecule has 2 atom stereocenters. The lowest BCUT2D eigenvalue weighted by Crippen LogP contribution is -2.35. The van der Waals surface area contributed by atoms with Crippen LogP contribution in [0.25, 0.3) is 0 Å². The Hall–Kier alpha value is -1.00. The van der Waals surface area contributed by atoms with Crippen LogP contribution in [0.3, 0.4) is 0 Å². The highest BCUT2D eigenvalue weighted by atomic mass is 16.6. The number of aliphatic hydroxyl groups excluding tert-OH is 1. The Morgan fingerprint density at radius 2 is 2.27 bits per heavy atom. The summed E-state index contributed by atoms with van der Waals surface area (Å²) < 4.78 is 4.83. The molecule has 0 bridgehead atoms. The Morgan fingerprint density at radius 1 is 1.55 bits per heavy atom. The maximum absolute atomic E-state index is 11.0. The van der Waals surface area contributed by atoms with Crippen molar-refractivity contribution in [3.8, 4) is 0 Å². The van der Waals surface area contributed by atoms with Crippen LogP contribution in [0.5, 0.6) is 0 Å². The van der Waals surface area contributed by atoms with Crippen molar-refractivity contribution >= 4 is 11.6 Å². The second-order valence-electron chi connectivity index (χ2n) is 2.65. The molecule has 58 valence electrons. The molecule has 2 aliphatic rings. The first kappa shape index (κ1) is 6.69. The SMILES string of the molecule is O=C1C=CC(=O)C2(CO)OC12. The van der Waals surface area contributed by atoms with E-state index in [0.29, 0.717) is 0 Å². The molecule has 1 saturated heterocycles. The molecule has 0 spiro atoms. The summed E-state index contributed by atoms with van der Waals surface area (Å²) in [4.78, 5) is 21.9. The summed E-state index contributed by atoms with van der Waals surface area (Å²) in [6.45, 7) is -0.410. The van der Waals surface area contributed by atoms with Crippen LogP contribution in [-0.2, 0) is 14.3 Å². The van der Waals surface area contributed by atoms with Gasteiger partial charge in [-0.1, -0.05) is 0 Å². The van der Waals surface area contributed by atoms with Crippen LogP contribution in [0.15, 0.2) is 12.2 Å². The number of epoxide rings is 1. The molecule has 0 aromatic heterocycles. The number of fused-ring (bicyclic) bond motifs is 1. The summed E-state index contributed by atoms with van der Waals surface area (Å²) in [5.41, 5.74) is -1.20. The Morgan fingerprint density at radius 3 is 2.82 bits per heavy atom. The van der Waals surface area contributed by atoms with E-state index in [2.05, 4.69) is 0 Å². The summed E-state index contributed by atoms with van der Waals surface area (Å²) in [6.07, 6.45) is 1.63. The minimum Gasteiger partial charge on any atom is -0.393 e. The highest BCUT2D eigenvalue weighted by molar-refractivity contribution is 6.15. The molecule has 2 unspecified atom stereocenters. The molecule has 1 aliphatic carbocycles. The van der Waals surface area contributed by atoms with Gasteiger partial charge in [-0.2, -0.15) is 0 Å². The van der Waals surface area contributed by atoms with E-state index in [-0.39, 0.29) is 11.6 Å². The smallest absolute Gasteiger partial charge is 0.193 e. The fraction of sp³-hybridized carbons (Fsp3) is 0.429. The molecule has 1 fully saturated rings. The molecule has 1 aliphatic heterocycles. The van der Waals surface area contributed by atoms with Crippen molar-refractivity contribution in [2.45, 2.75) is 11.7 Å². The summed E-state index contributed by atoms with van der Waals surface area (Å²) >= 11 is 0. The van der Waals surface area contributed by atoms with Crippen LogP contribution in [0, 0.1) is 0 Å². The van der Waals surface area contributed by atoms with Gasteiger partial charge in [-0.05, 0) is 12.2 Å². The minimum absolute atomic E-state index is 0.237. The predicted molar refractivity (Wildman–Crippen MR) is 33.8 cm³/mol. The summed E-state index contributed by atoms with van der Waals surface area (Å²) in [5, 5.41) is 8.75. The van der Waals surface area contributed by atoms with Crippen molar-refractivity contribution in [3.63, 3.8) is 0 Å². The lowest BCUT2D eigenvalue weighted by molar-refractivity contribution is -0.122. The molecule has 4 nitrogen and oxygen atoms in total. The number of carbonyl (C=O) groups excluding carboxylic acids is 2. The molecule has 1 N–H and O–H groups in total. The number of hydrogen-bond donors (Lipinski definition) is 1. The van der Waals surface area contributed by atoms with E-state index >= 15 is 0 Å². The van der Waals surface area contributed by atoms with Crippen molar-refractivity contribution < 1.29 is 19.4 Å². The summed E-state index contributed by atoms with van der Waals surface area (Å²) in [5.74, 6) is -0.553. The van der Waals surface area contributed by atoms with Gasteiger partial charge in [0, 0.05) is 0 Å². The van der Waals surface area contributed by atoms with E-state index in [9.17, 15) is 9.59 Å². The van der Waals surface area contributed by atoms with Gasteiger partial charge in [0.2, 0.25) is 0 Å². The van der Waals surface area contributed by atoms with Gasteiger partial charge in [0.05, 0.1) is 6.61 Å². The molecule has 1 heterocycles. The molecule has 11 heavy (non-hydrogen) atoms. The second kappa shape index (κ2) is 1.78. The fourth-order valence-corrected chi connectivity index (χ4v) is 1.24. The van der Waals surface area contributed by atoms with Crippen molar-refractivity contribution in [1.29, 1.82) is 0 Å². The number of aliphatic hydroxyl groups is 1. The molecule has 0 saturated carbocycles. The number of carbonyl (C=O) groups is 2. The van der Waals surface area contributed by atoms with Crippen LogP contribution >= 0.6 is 0 Å². The van der Waals surface area contributed by atoms with Gasteiger partial charge in [0.1, 0.15) is 0 Å². The second-order valence-corrected chi connectivity index (χ2v) is 2.65. The van der Waals surface area contributed by atoms with Gasteiger partial charge >= 0.3 is 0 Å². The Kier molecular flexibility index (Phi) is 1.08. The first-order chi connectivity index (χ1) is 5.20. The Balaban J connectivity index is 2.37. The first-order valence-corrected chi connectivity index (χ1v) is 3.26. The van der Waals surface area contributed by atoms with Gasteiger partial charge in [0.15, 0.2) is 23.3 Å². The van der Waals surface area contributed by atoms with Crippen LogP contribution in [0.2, 0.25) is 0 Å². The number of rotatable bonds is 1. The maximum atomic E-state index is 11.0. The van der Waals surface area contributed by atoms with Gasteiger partial charge in [-0.25, -0.2) is 0 Å². The quantitative estimate of drug-likeness (QED) is 0.483. The third-order valence-corrected chi connectivity index (χ3v) is 2.00. The lowest BCUT2D eigenvalue weighted by Gasteiger charge is -2.06. The zero-order chi connectivity index (χ0) is 8.06. The first-order valence-electron chi connectivity index (χ1n) is 3.26. The number of ketones is 2. The fourth-order valence-electron chi connectivity index (χ4n) is 1.24. The van der Waals surface area contributed by atoms with E-state index < -0.39 is 18.3 Å². The van der Waals surface area contributed by atoms with Crippen LogP contribution in [-0.4, -0.2) is 35.0 Å². The average molecular weight is 154 g/mol. The highest BCUT2D eigenvalue weighted by Gasteiger charge is 2.65. The van der Waals surface area contributed by atoms with Gasteiger partial charge in [0.25, 0.3) is 0 Å². The maximum Gasteiger partial charge on any atom is 0.193 e. The molecular weight excluding hydrogens is 148 g/mol. The molecular formula is C7H6O4. The number of ether oxygens (including phenoxy) is 1. The largest absolute Gasteiger partial charge is 0.393 e. The van der Waals surface area contributed by atoms with E-state index in [4.69, 9.17) is 9.84 Å². The summed E-state index contributed by atoms with van der Waals surface area (Å²) in [6, 6.07) is 0. The van der Waals surface area contributed by atoms with E-state index in [1.807, 2.05) is 0 Å². The van der Waals surface area contributed by atoms with E-state index in [1.54, 1.807) is 0 Å². The normalized spacial score (nSPS) is 40.6.